The molecule has 0 radical (unpaired) electrons. The van der Waals surface area contributed by atoms with Gasteiger partial charge in [0, 0.05) is 31.9 Å². The van der Waals surface area contributed by atoms with Crippen LogP contribution in [0.1, 0.15) is 11.1 Å². The highest BCUT2D eigenvalue weighted by atomic mass is 16.5. The molecular weight excluding hydrogens is 264 g/mol. The SMILES string of the molecule is COc1ccc(CN2CCNCc3ccccc32)cc1O. The van der Waals surface area contributed by atoms with E-state index in [0.717, 1.165) is 31.7 Å². The minimum atomic E-state index is 0.191. The second kappa shape index (κ2) is 6.06. The van der Waals surface area contributed by atoms with Gasteiger partial charge >= 0.3 is 0 Å². The highest BCUT2D eigenvalue weighted by molar-refractivity contribution is 5.55. The van der Waals surface area contributed by atoms with E-state index < -0.39 is 0 Å². The van der Waals surface area contributed by atoms with Gasteiger partial charge in [0.15, 0.2) is 11.5 Å². The maximum absolute atomic E-state index is 9.92. The monoisotopic (exact) mass is 284 g/mol. The van der Waals surface area contributed by atoms with Gasteiger partial charge in [0.05, 0.1) is 7.11 Å². The average Bonchev–Trinajstić information content (AvgIpc) is 2.70. The van der Waals surface area contributed by atoms with Gasteiger partial charge in [-0.25, -0.2) is 0 Å². The predicted octanol–water partition coefficient (Wildman–Crippen LogP) is 2.51. The molecule has 0 aromatic heterocycles. The van der Waals surface area contributed by atoms with Crippen LogP contribution in [0.15, 0.2) is 42.5 Å². The lowest BCUT2D eigenvalue weighted by atomic mass is 10.1. The molecule has 0 aliphatic carbocycles. The number of benzene rings is 2. The fourth-order valence-electron chi connectivity index (χ4n) is 2.74. The number of nitrogens with zero attached hydrogens (tertiary/aromatic N) is 1. The van der Waals surface area contributed by atoms with Gasteiger partial charge in [-0.05, 0) is 29.3 Å². The average molecular weight is 284 g/mol. The van der Waals surface area contributed by atoms with Crippen LogP contribution in [-0.4, -0.2) is 25.3 Å². The summed E-state index contributed by atoms with van der Waals surface area (Å²) in [5.74, 6) is 0.702. The molecule has 0 atom stereocenters. The lowest BCUT2D eigenvalue weighted by Gasteiger charge is -2.24. The number of aromatic hydroxyl groups is 1. The third-order valence-corrected chi connectivity index (χ3v) is 3.82. The molecule has 0 spiro atoms. The first-order chi connectivity index (χ1) is 10.3. The number of rotatable bonds is 3. The minimum absolute atomic E-state index is 0.191. The highest BCUT2D eigenvalue weighted by Gasteiger charge is 2.15. The lowest BCUT2D eigenvalue weighted by Crippen LogP contribution is -2.28. The molecule has 0 unspecified atom stereocenters. The Morgan fingerprint density at radius 3 is 2.90 bits per heavy atom. The fourth-order valence-corrected chi connectivity index (χ4v) is 2.74. The van der Waals surface area contributed by atoms with Crippen molar-refractivity contribution >= 4 is 5.69 Å². The van der Waals surface area contributed by atoms with Crippen molar-refractivity contribution in [1.82, 2.24) is 5.32 Å². The molecular formula is C17H20N2O2. The van der Waals surface area contributed by atoms with Crippen molar-refractivity contribution in [1.29, 1.82) is 0 Å². The zero-order valence-corrected chi connectivity index (χ0v) is 12.2. The maximum atomic E-state index is 9.92. The lowest BCUT2D eigenvalue weighted by molar-refractivity contribution is 0.373. The van der Waals surface area contributed by atoms with E-state index in [4.69, 9.17) is 4.74 Å². The second-order valence-electron chi connectivity index (χ2n) is 5.23. The Labute approximate surface area is 125 Å². The number of anilines is 1. The molecule has 110 valence electrons. The van der Waals surface area contributed by atoms with Crippen LogP contribution in [0.5, 0.6) is 11.5 Å². The Morgan fingerprint density at radius 1 is 1.24 bits per heavy atom. The number of fused-ring (bicyclic) bond motifs is 1. The molecule has 4 heteroatoms. The molecule has 0 saturated heterocycles. The number of hydrogen-bond acceptors (Lipinski definition) is 4. The van der Waals surface area contributed by atoms with E-state index >= 15 is 0 Å². The van der Waals surface area contributed by atoms with E-state index in [2.05, 4.69) is 34.5 Å². The maximum Gasteiger partial charge on any atom is 0.160 e. The van der Waals surface area contributed by atoms with E-state index in [0.29, 0.717) is 5.75 Å². The molecule has 1 heterocycles. The summed E-state index contributed by atoms with van der Waals surface area (Å²) in [5, 5.41) is 13.4. The molecule has 0 bridgehead atoms. The molecule has 21 heavy (non-hydrogen) atoms. The fraction of sp³-hybridized carbons (Fsp3) is 0.294. The predicted molar refractivity (Wildman–Crippen MR) is 83.9 cm³/mol. The first-order valence-corrected chi connectivity index (χ1v) is 7.17. The Kier molecular flexibility index (Phi) is 3.97. The summed E-state index contributed by atoms with van der Waals surface area (Å²) in [6.45, 7) is 3.58. The molecule has 3 rings (SSSR count). The molecule has 2 aromatic carbocycles. The quantitative estimate of drug-likeness (QED) is 0.909. The van der Waals surface area contributed by atoms with Crippen LogP contribution in [0.3, 0.4) is 0 Å². The molecule has 2 N–H and O–H groups in total. The van der Waals surface area contributed by atoms with Crippen LogP contribution in [-0.2, 0) is 13.1 Å². The van der Waals surface area contributed by atoms with Gasteiger partial charge in [-0.1, -0.05) is 24.3 Å². The number of nitrogens with one attached hydrogen (secondary N) is 1. The summed E-state index contributed by atoms with van der Waals surface area (Å²) in [5.41, 5.74) is 3.65. The van der Waals surface area contributed by atoms with Gasteiger partial charge in [-0.3, -0.25) is 0 Å². The van der Waals surface area contributed by atoms with E-state index in [-0.39, 0.29) is 5.75 Å². The number of ether oxygens (including phenoxy) is 1. The molecule has 1 aliphatic rings. The molecule has 4 nitrogen and oxygen atoms in total. The van der Waals surface area contributed by atoms with Gasteiger partial charge in [0.25, 0.3) is 0 Å². The number of phenols is 1. The van der Waals surface area contributed by atoms with Gasteiger partial charge in [0.2, 0.25) is 0 Å². The molecule has 2 aromatic rings. The van der Waals surface area contributed by atoms with Crippen molar-refractivity contribution in [3.63, 3.8) is 0 Å². The van der Waals surface area contributed by atoms with Crippen LogP contribution in [0, 0.1) is 0 Å². The summed E-state index contributed by atoms with van der Waals surface area (Å²) in [7, 11) is 1.56. The van der Waals surface area contributed by atoms with Crippen molar-refractivity contribution in [2.45, 2.75) is 13.1 Å². The molecule has 0 saturated carbocycles. The Morgan fingerprint density at radius 2 is 2.10 bits per heavy atom. The highest BCUT2D eigenvalue weighted by Crippen LogP contribution is 2.29. The van der Waals surface area contributed by atoms with E-state index in [9.17, 15) is 5.11 Å². The van der Waals surface area contributed by atoms with Crippen LogP contribution in [0.4, 0.5) is 5.69 Å². The third kappa shape index (κ3) is 2.95. The zero-order chi connectivity index (χ0) is 14.7. The van der Waals surface area contributed by atoms with Gasteiger partial charge in [-0.15, -0.1) is 0 Å². The minimum Gasteiger partial charge on any atom is -0.504 e. The largest absolute Gasteiger partial charge is 0.504 e. The van der Waals surface area contributed by atoms with Gasteiger partial charge in [0.1, 0.15) is 0 Å². The summed E-state index contributed by atoms with van der Waals surface area (Å²) >= 11 is 0. The molecule has 0 fully saturated rings. The Hall–Kier alpha value is -2.20. The number of hydrogen-bond donors (Lipinski definition) is 2. The second-order valence-corrected chi connectivity index (χ2v) is 5.23. The Bertz CT molecular complexity index is 628. The van der Waals surface area contributed by atoms with Crippen LogP contribution < -0.4 is 15.0 Å². The van der Waals surface area contributed by atoms with Crippen molar-refractivity contribution in [3.8, 4) is 11.5 Å². The van der Waals surface area contributed by atoms with Crippen molar-refractivity contribution in [3.05, 3.63) is 53.6 Å². The van der Waals surface area contributed by atoms with Crippen LogP contribution in [0.2, 0.25) is 0 Å². The topological polar surface area (TPSA) is 44.7 Å². The number of para-hydroxylation sites is 1. The van der Waals surface area contributed by atoms with Crippen molar-refractivity contribution in [2.24, 2.45) is 0 Å². The first-order valence-electron chi connectivity index (χ1n) is 7.17. The third-order valence-electron chi connectivity index (χ3n) is 3.82. The normalized spacial score (nSPS) is 14.4. The van der Waals surface area contributed by atoms with Crippen molar-refractivity contribution < 1.29 is 9.84 Å². The summed E-state index contributed by atoms with van der Waals surface area (Å²) in [6.07, 6.45) is 0. The van der Waals surface area contributed by atoms with Crippen LogP contribution >= 0.6 is 0 Å². The van der Waals surface area contributed by atoms with E-state index in [1.165, 1.54) is 11.3 Å². The van der Waals surface area contributed by atoms with E-state index in [1.54, 1.807) is 13.2 Å². The standard InChI is InChI=1S/C17H20N2O2/c1-21-17-7-6-13(10-16(17)20)12-19-9-8-18-11-14-4-2-3-5-15(14)19/h2-7,10,18,20H,8-9,11-12H2,1H3. The summed E-state index contributed by atoms with van der Waals surface area (Å²) < 4.78 is 5.09. The van der Waals surface area contributed by atoms with Crippen LogP contribution in [0.25, 0.3) is 0 Å². The van der Waals surface area contributed by atoms with Gasteiger partial charge in [-0.2, -0.15) is 0 Å². The van der Waals surface area contributed by atoms with E-state index in [1.807, 2.05) is 12.1 Å². The van der Waals surface area contributed by atoms with Crippen molar-refractivity contribution in [2.75, 3.05) is 25.1 Å². The summed E-state index contributed by atoms with van der Waals surface area (Å²) in [6, 6.07) is 14.1. The first kappa shape index (κ1) is 13.8. The summed E-state index contributed by atoms with van der Waals surface area (Å²) in [4.78, 5) is 2.34. The number of phenolic OH excluding ortho intramolecular Hbond substituents is 1. The smallest absolute Gasteiger partial charge is 0.160 e. The number of methoxy groups -OCH3 is 1. The molecule has 0 amide bonds. The zero-order valence-electron chi connectivity index (χ0n) is 12.2. The molecule has 1 aliphatic heterocycles. The van der Waals surface area contributed by atoms with Gasteiger partial charge < -0.3 is 20.1 Å². The Balaban J connectivity index is 1.86.